The van der Waals surface area contributed by atoms with Crippen LogP contribution in [-0.4, -0.2) is 42.8 Å². The van der Waals surface area contributed by atoms with E-state index in [4.69, 9.17) is 0 Å². The number of ketones is 1. The number of anilines is 1. The van der Waals surface area contributed by atoms with Crippen LogP contribution in [0.3, 0.4) is 0 Å². The average molecular weight is 386 g/mol. The SMILES string of the molecule is CCCC(=O)c1cc(F)c(N2CCN(C(=O)c3ccccc3F)CC2)cc1C. The first-order valence-electron chi connectivity index (χ1n) is 9.54. The van der Waals surface area contributed by atoms with Crippen molar-refractivity contribution in [3.63, 3.8) is 0 Å². The van der Waals surface area contributed by atoms with Gasteiger partial charge in [-0.3, -0.25) is 9.59 Å². The quantitative estimate of drug-likeness (QED) is 0.723. The highest BCUT2D eigenvalue weighted by atomic mass is 19.1. The fraction of sp³-hybridized carbons (Fsp3) is 0.364. The first-order valence-corrected chi connectivity index (χ1v) is 9.54. The van der Waals surface area contributed by atoms with Gasteiger partial charge in [0.25, 0.3) is 5.91 Å². The second-order valence-corrected chi connectivity index (χ2v) is 7.05. The van der Waals surface area contributed by atoms with Crippen molar-refractivity contribution in [3.05, 3.63) is 64.7 Å². The van der Waals surface area contributed by atoms with Gasteiger partial charge in [-0.1, -0.05) is 19.1 Å². The summed E-state index contributed by atoms with van der Waals surface area (Å²) >= 11 is 0. The van der Waals surface area contributed by atoms with Gasteiger partial charge in [0.15, 0.2) is 5.78 Å². The van der Waals surface area contributed by atoms with Gasteiger partial charge in [-0.2, -0.15) is 0 Å². The van der Waals surface area contributed by atoms with Gasteiger partial charge in [-0.05, 0) is 43.2 Å². The minimum absolute atomic E-state index is 0.0502. The fourth-order valence-corrected chi connectivity index (χ4v) is 3.53. The number of halogens is 2. The van der Waals surface area contributed by atoms with Crippen LogP contribution >= 0.6 is 0 Å². The molecule has 0 aromatic heterocycles. The van der Waals surface area contributed by atoms with E-state index in [9.17, 15) is 18.4 Å². The van der Waals surface area contributed by atoms with Crippen LogP contribution in [0.2, 0.25) is 0 Å². The van der Waals surface area contributed by atoms with Crippen molar-refractivity contribution >= 4 is 17.4 Å². The molecule has 2 aromatic carbocycles. The van der Waals surface area contributed by atoms with Gasteiger partial charge in [0, 0.05) is 38.2 Å². The molecule has 3 rings (SSSR count). The summed E-state index contributed by atoms with van der Waals surface area (Å²) in [6.45, 7) is 5.37. The molecule has 148 valence electrons. The highest BCUT2D eigenvalue weighted by Crippen LogP contribution is 2.26. The van der Waals surface area contributed by atoms with Crippen LogP contribution in [0, 0.1) is 18.6 Å². The lowest BCUT2D eigenvalue weighted by Crippen LogP contribution is -2.49. The molecule has 0 spiro atoms. The van der Waals surface area contributed by atoms with Crippen LogP contribution < -0.4 is 4.90 Å². The molecule has 0 atom stereocenters. The van der Waals surface area contributed by atoms with E-state index in [-0.39, 0.29) is 17.3 Å². The zero-order valence-corrected chi connectivity index (χ0v) is 16.2. The zero-order valence-electron chi connectivity index (χ0n) is 16.2. The molecule has 1 amide bonds. The van der Waals surface area contributed by atoms with E-state index in [1.807, 2.05) is 18.7 Å². The molecule has 0 saturated carbocycles. The standard InChI is InChI=1S/C22H24F2N2O2/c1-3-6-21(27)17-14-19(24)20(13-15(17)2)25-9-11-26(12-10-25)22(28)16-7-4-5-8-18(16)23/h4-5,7-8,13-14H,3,6,9-12H2,1-2H3. The second kappa shape index (κ2) is 8.50. The lowest BCUT2D eigenvalue weighted by molar-refractivity contribution is 0.0741. The molecule has 1 aliphatic rings. The molecule has 6 heteroatoms. The summed E-state index contributed by atoms with van der Waals surface area (Å²) in [5, 5.41) is 0. The predicted octanol–water partition coefficient (Wildman–Crippen LogP) is 4.22. The van der Waals surface area contributed by atoms with E-state index >= 15 is 0 Å². The zero-order chi connectivity index (χ0) is 20.3. The van der Waals surface area contributed by atoms with Crippen molar-refractivity contribution in [2.75, 3.05) is 31.1 Å². The Kier molecular flexibility index (Phi) is 6.07. The molecule has 0 unspecified atom stereocenters. The Labute approximate surface area is 163 Å². The van der Waals surface area contributed by atoms with Crippen molar-refractivity contribution in [1.29, 1.82) is 0 Å². The summed E-state index contributed by atoms with van der Waals surface area (Å²) < 4.78 is 28.5. The molecule has 0 N–H and O–H groups in total. The largest absolute Gasteiger partial charge is 0.366 e. The molecule has 0 radical (unpaired) electrons. The van der Waals surface area contributed by atoms with E-state index in [0.717, 1.165) is 12.0 Å². The molecule has 2 aromatic rings. The van der Waals surface area contributed by atoms with Gasteiger partial charge in [0.05, 0.1) is 11.3 Å². The van der Waals surface area contributed by atoms with Crippen LogP contribution in [-0.2, 0) is 0 Å². The van der Waals surface area contributed by atoms with E-state index in [1.54, 1.807) is 23.1 Å². The molecule has 0 bridgehead atoms. The van der Waals surface area contributed by atoms with Gasteiger partial charge >= 0.3 is 0 Å². The normalized spacial score (nSPS) is 14.3. The van der Waals surface area contributed by atoms with Crippen LogP contribution in [0.15, 0.2) is 36.4 Å². The summed E-state index contributed by atoms with van der Waals surface area (Å²) in [4.78, 5) is 28.1. The number of benzene rings is 2. The van der Waals surface area contributed by atoms with E-state index in [1.165, 1.54) is 18.2 Å². The van der Waals surface area contributed by atoms with E-state index < -0.39 is 11.6 Å². The number of piperazine rings is 1. The average Bonchev–Trinajstić information content (AvgIpc) is 2.69. The monoisotopic (exact) mass is 386 g/mol. The maximum atomic E-state index is 14.7. The molecular formula is C22H24F2N2O2. The third kappa shape index (κ3) is 4.06. The Morgan fingerprint density at radius 3 is 2.29 bits per heavy atom. The van der Waals surface area contributed by atoms with Crippen LogP contribution in [0.5, 0.6) is 0 Å². The number of aryl methyl sites for hydroxylation is 1. The fourth-order valence-electron chi connectivity index (χ4n) is 3.53. The first kappa shape index (κ1) is 20.0. The molecule has 28 heavy (non-hydrogen) atoms. The second-order valence-electron chi connectivity index (χ2n) is 7.05. The maximum Gasteiger partial charge on any atom is 0.256 e. The molecule has 4 nitrogen and oxygen atoms in total. The number of rotatable bonds is 5. The number of carbonyl (C=O) groups is 2. The van der Waals surface area contributed by atoms with Crippen LogP contribution in [0.1, 0.15) is 46.0 Å². The Morgan fingerprint density at radius 1 is 0.964 bits per heavy atom. The summed E-state index contributed by atoms with van der Waals surface area (Å²) in [6.07, 6.45) is 1.12. The molecule has 0 aliphatic carbocycles. The summed E-state index contributed by atoms with van der Waals surface area (Å²) in [5.74, 6) is -1.37. The minimum Gasteiger partial charge on any atom is -0.366 e. The topological polar surface area (TPSA) is 40.6 Å². The molecule has 1 aliphatic heterocycles. The molecule has 1 fully saturated rings. The third-order valence-corrected chi connectivity index (χ3v) is 5.08. The number of hydrogen-bond acceptors (Lipinski definition) is 3. The van der Waals surface area contributed by atoms with Crippen molar-refractivity contribution < 1.29 is 18.4 Å². The molecule has 1 saturated heterocycles. The van der Waals surface area contributed by atoms with E-state index in [0.29, 0.717) is 43.9 Å². The first-order chi connectivity index (χ1) is 13.4. The Balaban J connectivity index is 1.71. The summed E-state index contributed by atoms with van der Waals surface area (Å²) in [5.41, 5.74) is 1.66. The number of hydrogen-bond donors (Lipinski definition) is 0. The van der Waals surface area contributed by atoms with Gasteiger partial charge in [-0.25, -0.2) is 8.78 Å². The molecule has 1 heterocycles. The highest BCUT2D eigenvalue weighted by molar-refractivity contribution is 5.98. The van der Waals surface area contributed by atoms with Crippen molar-refractivity contribution in [1.82, 2.24) is 4.90 Å². The lowest BCUT2D eigenvalue weighted by Gasteiger charge is -2.36. The third-order valence-electron chi connectivity index (χ3n) is 5.08. The van der Waals surface area contributed by atoms with Crippen LogP contribution in [0.4, 0.5) is 14.5 Å². The number of carbonyl (C=O) groups excluding carboxylic acids is 2. The van der Waals surface area contributed by atoms with E-state index in [2.05, 4.69) is 0 Å². The summed E-state index contributed by atoms with van der Waals surface area (Å²) in [6, 6.07) is 8.93. The van der Waals surface area contributed by atoms with Crippen molar-refractivity contribution in [3.8, 4) is 0 Å². The number of amides is 1. The Bertz CT molecular complexity index is 890. The lowest BCUT2D eigenvalue weighted by atomic mass is 10.00. The van der Waals surface area contributed by atoms with Gasteiger partial charge in [-0.15, -0.1) is 0 Å². The smallest absolute Gasteiger partial charge is 0.256 e. The van der Waals surface area contributed by atoms with Gasteiger partial charge in [0.1, 0.15) is 11.6 Å². The van der Waals surface area contributed by atoms with Gasteiger partial charge in [0.2, 0.25) is 0 Å². The Hall–Kier alpha value is -2.76. The van der Waals surface area contributed by atoms with Crippen molar-refractivity contribution in [2.24, 2.45) is 0 Å². The maximum absolute atomic E-state index is 14.7. The number of nitrogens with zero attached hydrogens (tertiary/aromatic N) is 2. The van der Waals surface area contributed by atoms with Crippen LogP contribution in [0.25, 0.3) is 0 Å². The Morgan fingerprint density at radius 2 is 1.64 bits per heavy atom. The molecular weight excluding hydrogens is 362 g/mol. The van der Waals surface area contributed by atoms with Crippen molar-refractivity contribution in [2.45, 2.75) is 26.7 Å². The minimum atomic E-state index is -0.538. The number of Topliss-reactive ketones (excluding diaryl/α,β-unsaturated/α-hetero) is 1. The highest BCUT2D eigenvalue weighted by Gasteiger charge is 2.26. The predicted molar refractivity (Wildman–Crippen MR) is 105 cm³/mol. The van der Waals surface area contributed by atoms with Gasteiger partial charge < -0.3 is 9.80 Å². The summed E-state index contributed by atoms with van der Waals surface area (Å²) in [7, 11) is 0.